The van der Waals surface area contributed by atoms with Gasteiger partial charge in [-0.2, -0.15) is 0 Å². The zero-order valence-corrected chi connectivity index (χ0v) is 14.5. The van der Waals surface area contributed by atoms with Crippen molar-refractivity contribution >= 4 is 17.9 Å². The zero-order valence-electron chi connectivity index (χ0n) is 14.5. The van der Waals surface area contributed by atoms with Crippen LogP contribution in [-0.2, 0) is 10.4 Å². The number of hydrogen-bond donors (Lipinski definition) is 3. The van der Waals surface area contributed by atoms with Gasteiger partial charge in [0.05, 0.1) is 6.54 Å². The number of furan rings is 1. The van der Waals surface area contributed by atoms with Crippen LogP contribution in [0.1, 0.15) is 39.9 Å². The molecule has 0 spiro atoms. The van der Waals surface area contributed by atoms with Gasteiger partial charge >= 0.3 is 0 Å². The van der Waals surface area contributed by atoms with Crippen LogP contribution in [0.25, 0.3) is 6.08 Å². The molecule has 0 aliphatic heterocycles. The highest BCUT2D eigenvalue weighted by atomic mass is 16.3. The van der Waals surface area contributed by atoms with Gasteiger partial charge in [-0.25, -0.2) is 0 Å². The summed E-state index contributed by atoms with van der Waals surface area (Å²) in [5.74, 6) is 0.498. The van der Waals surface area contributed by atoms with Crippen LogP contribution in [0.2, 0.25) is 0 Å². The van der Waals surface area contributed by atoms with Crippen LogP contribution in [-0.4, -0.2) is 23.5 Å². The van der Waals surface area contributed by atoms with Crippen LogP contribution in [0.4, 0.5) is 0 Å². The first-order valence-corrected chi connectivity index (χ1v) is 7.85. The predicted molar refractivity (Wildman–Crippen MR) is 94.8 cm³/mol. The highest BCUT2D eigenvalue weighted by Gasteiger charge is 2.27. The topological polar surface area (TPSA) is 106 Å². The van der Waals surface area contributed by atoms with Crippen molar-refractivity contribution < 1.29 is 19.1 Å². The quantitative estimate of drug-likeness (QED) is 0.698. The molecule has 0 radical (unpaired) electrons. The fourth-order valence-electron chi connectivity index (χ4n) is 2.51. The summed E-state index contributed by atoms with van der Waals surface area (Å²) in [4.78, 5) is 23.0. The summed E-state index contributed by atoms with van der Waals surface area (Å²) < 4.78 is 5.42. The van der Waals surface area contributed by atoms with E-state index in [0.717, 1.165) is 5.56 Å². The van der Waals surface area contributed by atoms with Crippen molar-refractivity contribution in [3.63, 3.8) is 0 Å². The molecule has 0 fully saturated rings. The molecule has 0 bridgehead atoms. The number of aliphatic hydroxyl groups is 1. The molecule has 25 heavy (non-hydrogen) atoms. The number of nitrogens with two attached hydrogens (primary N) is 1. The van der Waals surface area contributed by atoms with E-state index in [1.54, 1.807) is 57.2 Å². The van der Waals surface area contributed by atoms with E-state index in [0.29, 0.717) is 22.6 Å². The van der Waals surface area contributed by atoms with E-state index >= 15 is 0 Å². The molecule has 2 amide bonds. The minimum Gasteiger partial charge on any atom is -0.466 e. The monoisotopic (exact) mass is 342 g/mol. The second kappa shape index (κ2) is 7.36. The van der Waals surface area contributed by atoms with E-state index in [2.05, 4.69) is 5.32 Å². The lowest BCUT2D eigenvalue weighted by molar-refractivity contribution is -0.117. The second-order valence-electron chi connectivity index (χ2n) is 6.14. The van der Waals surface area contributed by atoms with E-state index in [4.69, 9.17) is 10.2 Å². The molecular formula is C19H22N2O4. The number of rotatable bonds is 6. The highest BCUT2D eigenvalue weighted by Crippen LogP contribution is 2.26. The Labute approximate surface area is 146 Å². The minimum absolute atomic E-state index is 0.0522. The predicted octanol–water partition coefficient (Wildman–Crippen LogP) is 2.03. The molecule has 1 aromatic carbocycles. The third kappa shape index (κ3) is 4.81. The Morgan fingerprint density at radius 1 is 1.28 bits per heavy atom. The largest absolute Gasteiger partial charge is 0.466 e. The van der Waals surface area contributed by atoms with Crippen molar-refractivity contribution in [2.75, 3.05) is 6.54 Å². The molecule has 1 aromatic heterocycles. The number of primary amides is 1. The maximum Gasteiger partial charge on any atom is 0.248 e. The van der Waals surface area contributed by atoms with Gasteiger partial charge in [0, 0.05) is 17.2 Å². The molecule has 0 saturated carbocycles. The number of nitrogens with one attached hydrogen (secondary N) is 1. The molecule has 4 N–H and O–H groups in total. The average Bonchev–Trinajstić information content (AvgIpc) is 2.91. The van der Waals surface area contributed by atoms with Crippen LogP contribution in [0.3, 0.4) is 0 Å². The first-order valence-electron chi connectivity index (χ1n) is 7.85. The van der Waals surface area contributed by atoms with Crippen LogP contribution >= 0.6 is 0 Å². The summed E-state index contributed by atoms with van der Waals surface area (Å²) in [5, 5.41) is 13.2. The van der Waals surface area contributed by atoms with Gasteiger partial charge < -0.3 is 20.6 Å². The molecule has 2 rings (SSSR count). The second-order valence-corrected chi connectivity index (χ2v) is 6.14. The minimum atomic E-state index is -1.23. The Balaban J connectivity index is 1.95. The fourth-order valence-corrected chi connectivity index (χ4v) is 2.51. The summed E-state index contributed by atoms with van der Waals surface area (Å²) in [6.07, 6.45) is 2.98. The Morgan fingerprint density at radius 2 is 1.92 bits per heavy atom. The van der Waals surface area contributed by atoms with Gasteiger partial charge in [-0.05, 0) is 50.6 Å². The third-order valence-corrected chi connectivity index (χ3v) is 3.85. The Hall–Kier alpha value is -2.86. The number of aryl methyl sites for hydroxylation is 2. The van der Waals surface area contributed by atoms with E-state index in [9.17, 15) is 14.7 Å². The van der Waals surface area contributed by atoms with Gasteiger partial charge in [0.1, 0.15) is 17.1 Å². The van der Waals surface area contributed by atoms with Gasteiger partial charge in [-0.1, -0.05) is 12.1 Å². The first kappa shape index (κ1) is 18.5. The van der Waals surface area contributed by atoms with Gasteiger partial charge in [-0.3, -0.25) is 9.59 Å². The van der Waals surface area contributed by atoms with Crippen LogP contribution < -0.4 is 11.1 Å². The van der Waals surface area contributed by atoms with Crippen molar-refractivity contribution in [1.82, 2.24) is 5.32 Å². The molecule has 1 unspecified atom stereocenters. The molecular weight excluding hydrogens is 320 g/mol. The summed E-state index contributed by atoms with van der Waals surface area (Å²) >= 11 is 0. The molecule has 2 aromatic rings. The van der Waals surface area contributed by atoms with Crippen molar-refractivity contribution in [2.24, 2.45) is 5.73 Å². The molecule has 0 aliphatic carbocycles. The fraction of sp³-hybridized carbons (Fsp3) is 0.263. The molecule has 6 heteroatoms. The van der Waals surface area contributed by atoms with Crippen molar-refractivity contribution in [3.8, 4) is 0 Å². The average molecular weight is 342 g/mol. The summed E-state index contributed by atoms with van der Waals surface area (Å²) in [5.41, 5.74) is 5.76. The maximum atomic E-state index is 12.0. The molecule has 0 aliphatic rings. The SMILES string of the molecule is Cc1cc(C(C)(O)CNC(=O)C=Cc2ccc(C(N)=O)cc2)c(C)o1. The molecule has 1 heterocycles. The van der Waals surface area contributed by atoms with Crippen molar-refractivity contribution in [3.05, 3.63) is 64.6 Å². The lowest BCUT2D eigenvalue weighted by Gasteiger charge is -2.22. The zero-order chi connectivity index (χ0) is 18.6. The molecule has 6 nitrogen and oxygen atoms in total. The Bertz CT molecular complexity index is 801. The van der Waals surface area contributed by atoms with E-state index < -0.39 is 11.5 Å². The Kier molecular flexibility index (Phi) is 5.44. The van der Waals surface area contributed by atoms with E-state index in [1.165, 1.54) is 6.08 Å². The van der Waals surface area contributed by atoms with E-state index in [-0.39, 0.29) is 12.5 Å². The number of amides is 2. The molecule has 132 valence electrons. The number of hydrogen-bond acceptors (Lipinski definition) is 4. The smallest absolute Gasteiger partial charge is 0.248 e. The number of carbonyl (C=O) groups excluding carboxylic acids is 2. The van der Waals surface area contributed by atoms with Gasteiger partial charge in [-0.15, -0.1) is 0 Å². The van der Waals surface area contributed by atoms with Gasteiger partial charge in [0.25, 0.3) is 0 Å². The molecule has 1 atom stereocenters. The van der Waals surface area contributed by atoms with Gasteiger partial charge in [0.2, 0.25) is 11.8 Å². The van der Waals surface area contributed by atoms with Gasteiger partial charge in [0.15, 0.2) is 0 Å². The summed E-state index contributed by atoms with van der Waals surface area (Å²) in [7, 11) is 0. The number of benzene rings is 1. The lowest BCUT2D eigenvalue weighted by Crippen LogP contribution is -2.38. The van der Waals surface area contributed by atoms with Crippen molar-refractivity contribution in [1.29, 1.82) is 0 Å². The standard InChI is InChI=1S/C19H22N2O4/c1-12-10-16(13(2)25-12)19(3,24)11-21-17(22)9-6-14-4-7-15(8-5-14)18(20)23/h4-10,24H,11H2,1-3H3,(H2,20,23)(H,21,22). The van der Waals surface area contributed by atoms with Crippen LogP contribution in [0.15, 0.2) is 40.8 Å². The summed E-state index contributed by atoms with van der Waals surface area (Å²) in [6, 6.07) is 8.33. The van der Waals surface area contributed by atoms with E-state index in [1.807, 2.05) is 0 Å². The Morgan fingerprint density at radius 3 is 2.44 bits per heavy atom. The summed E-state index contributed by atoms with van der Waals surface area (Å²) in [6.45, 7) is 5.25. The highest BCUT2D eigenvalue weighted by molar-refractivity contribution is 5.94. The molecule has 0 saturated heterocycles. The number of carbonyl (C=O) groups is 2. The third-order valence-electron chi connectivity index (χ3n) is 3.85. The maximum absolute atomic E-state index is 12.0. The van der Waals surface area contributed by atoms with Crippen LogP contribution in [0.5, 0.6) is 0 Å². The normalized spacial score (nSPS) is 13.6. The van der Waals surface area contributed by atoms with Crippen molar-refractivity contribution in [2.45, 2.75) is 26.4 Å². The lowest BCUT2D eigenvalue weighted by atomic mass is 9.96. The first-order chi connectivity index (χ1) is 11.7. The van der Waals surface area contributed by atoms with Crippen LogP contribution in [0, 0.1) is 13.8 Å².